The first-order valence-corrected chi connectivity index (χ1v) is 10.1. The van der Waals surface area contributed by atoms with E-state index >= 15 is 0 Å². The van der Waals surface area contributed by atoms with E-state index in [0.29, 0.717) is 12.1 Å². The number of esters is 1. The largest absolute Gasteiger partial charge is 0.456 e. The zero-order valence-corrected chi connectivity index (χ0v) is 16.9. The maximum absolute atomic E-state index is 11.8. The first-order chi connectivity index (χ1) is 12.6. The van der Waals surface area contributed by atoms with Crippen LogP contribution in [0.1, 0.15) is 17.8 Å². The molecule has 2 aromatic carbocycles. The maximum Gasteiger partial charge on any atom is 0.306 e. The van der Waals surface area contributed by atoms with Gasteiger partial charge < -0.3 is 10.1 Å². The molecular formula is C19H17IN2O3S. The third-order valence-corrected chi connectivity index (χ3v) is 5.42. The number of ether oxygens (including phenoxy) is 1. The molecule has 0 aliphatic carbocycles. The van der Waals surface area contributed by atoms with E-state index < -0.39 is 0 Å². The second-order valence-electron chi connectivity index (χ2n) is 5.64. The second-order valence-corrected chi connectivity index (χ2v) is 8.01. The number of amides is 1. The highest BCUT2D eigenvalue weighted by molar-refractivity contribution is 14.1. The van der Waals surface area contributed by atoms with Crippen molar-refractivity contribution in [1.82, 2.24) is 4.98 Å². The van der Waals surface area contributed by atoms with Gasteiger partial charge in [-0.3, -0.25) is 9.59 Å². The Morgan fingerprint density at radius 3 is 2.65 bits per heavy atom. The lowest BCUT2D eigenvalue weighted by Crippen LogP contribution is -2.20. The highest BCUT2D eigenvalue weighted by Crippen LogP contribution is 2.22. The first kappa shape index (κ1) is 18.8. The molecule has 3 rings (SSSR count). The fourth-order valence-corrected chi connectivity index (χ4v) is 3.73. The van der Waals surface area contributed by atoms with Gasteiger partial charge in [0.25, 0.3) is 5.91 Å². The Morgan fingerprint density at radius 1 is 1.12 bits per heavy atom. The lowest BCUT2D eigenvalue weighted by atomic mass is 10.2. The fourth-order valence-electron chi connectivity index (χ4n) is 2.36. The lowest BCUT2D eigenvalue weighted by Gasteiger charge is -2.06. The Kier molecular flexibility index (Phi) is 6.56. The number of carbonyl (C=O) groups excluding carboxylic acids is 2. The Hall–Kier alpha value is -2.00. The van der Waals surface area contributed by atoms with Crippen molar-refractivity contribution in [2.45, 2.75) is 19.3 Å². The maximum atomic E-state index is 11.8. The molecule has 3 aromatic rings. The predicted molar refractivity (Wildman–Crippen MR) is 111 cm³/mol. The second kappa shape index (κ2) is 9.09. The molecule has 0 aliphatic rings. The van der Waals surface area contributed by atoms with Crippen molar-refractivity contribution < 1.29 is 14.3 Å². The molecule has 5 nitrogen and oxygen atoms in total. The molecule has 0 radical (unpaired) electrons. The minimum atomic E-state index is -0.371. The van der Waals surface area contributed by atoms with E-state index in [4.69, 9.17) is 4.74 Å². The number of anilines is 1. The van der Waals surface area contributed by atoms with Crippen LogP contribution in [0, 0.1) is 3.57 Å². The molecule has 0 spiro atoms. The van der Waals surface area contributed by atoms with Crippen molar-refractivity contribution in [3.63, 3.8) is 0 Å². The van der Waals surface area contributed by atoms with Crippen LogP contribution < -0.4 is 5.32 Å². The van der Waals surface area contributed by atoms with Crippen molar-refractivity contribution in [2.24, 2.45) is 0 Å². The summed E-state index contributed by atoms with van der Waals surface area (Å²) < 4.78 is 7.26. The minimum absolute atomic E-state index is 0.271. The van der Waals surface area contributed by atoms with Crippen LogP contribution in [0.25, 0.3) is 10.2 Å². The number of thiazole rings is 1. The van der Waals surface area contributed by atoms with Gasteiger partial charge in [0.15, 0.2) is 6.61 Å². The summed E-state index contributed by atoms with van der Waals surface area (Å²) in [6.07, 6.45) is 1.65. The van der Waals surface area contributed by atoms with Crippen molar-refractivity contribution in [1.29, 1.82) is 0 Å². The van der Waals surface area contributed by atoms with E-state index in [9.17, 15) is 9.59 Å². The van der Waals surface area contributed by atoms with E-state index in [1.807, 2.05) is 36.4 Å². The van der Waals surface area contributed by atoms with Gasteiger partial charge >= 0.3 is 5.97 Å². The van der Waals surface area contributed by atoms with Crippen LogP contribution in [0.4, 0.5) is 5.69 Å². The average molecular weight is 480 g/mol. The van der Waals surface area contributed by atoms with Crippen LogP contribution in [-0.4, -0.2) is 23.5 Å². The summed E-state index contributed by atoms with van der Waals surface area (Å²) in [5.74, 6) is -0.713. The minimum Gasteiger partial charge on any atom is -0.456 e. The summed E-state index contributed by atoms with van der Waals surface area (Å²) in [5, 5.41) is 3.70. The molecule has 0 unspecified atom stereocenters. The van der Waals surface area contributed by atoms with Gasteiger partial charge in [-0.1, -0.05) is 12.1 Å². The molecule has 7 heteroatoms. The Balaban J connectivity index is 1.37. The van der Waals surface area contributed by atoms with E-state index in [0.717, 1.165) is 25.2 Å². The molecule has 0 saturated heterocycles. The number of benzene rings is 2. The SMILES string of the molecule is O=C(COC(=O)CCCc1nc2ccccc2s1)Nc1ccc(I)cc1. The zero-order valence-electron chi connectivity index (χ0n) is 13.9. The molecule has 26 heavy (non-hydrogen) atoms. The summed E-state index contributed by atoms with van der Waals surface area (Å²) in [6.45, 7) is -0.272. The number of fused-ring (bicyclic) bond motifs is 1. The molecular weight excluding hydrogens is 463 g/mol. The summed E-state index contributed by atoms with van der Waals surface area (Å²) in [5.41, 5.74) is 1.67. The summed E-state index contributed by atoms with van der Waals surface area (Å²) >= 11 is 3.83. The summed E-state index contributed by atoms with van der Waals surface area (Å²) in [6, 6.07) is 15.4. The topological polar surface area (TPSA) is 68.3 Å². The monoisotopic (exact) mass is 480 g/mol. The number of aryl methyl sites for hydroxylation is 1. The third-order valence-electron chi connectivity index (χ3n) is 3.60. The van der Waals surface area contributed by atoms with E-state index in [1.54, 1.807) is 23.5 Å². The number of halogens is 1. The molecule has 1 heterocycles. The van der Waals surface area contributed by atoms with Gasteiger partial charge in [-0.15, -0.1) is 11.3 Å². The highest BCUT2D eigenvalue weighted by Gasteiger charge is 2.09. The van der Waals surface area contributed by atoms with E-state index in [2.05, 4.69) is 32.9 Å². The van der Waals surface area contributed by atoms with Crippen molar-refractivity contribution in [2.75, 3.05) is 11.9 Å². The summed E-state index contributed by atoms with van der Waals surface area (Å²) in [7, 11) is 0. The predicted octanol–water partition coefficient (Wildman–Crippen LogP) is 4.41. The quantitative estimate of drug-likeness (QED) is 0.402. The molecule has 134 valence electrons. The number of hydrogen-bond donors (Lipinski definition) is 1. The van der Waals surface area contributed by atoms with Crippen LogP contribution in [0.3, 0.4) is 0 Å². The van der Waals surface area contributed by atoms with Gasteiger partial charge in [0, 0.05) is 15.7 Å². The van der Waals surface area contributed by atoms with Gasteiger partial charge in [-0.25, -0.2) is 4.98 Å². The third kappa shape index (κ3) is 5.50. The summed E-state index contributed by atoms with van der Waals surface area (Å²) in [4.78, 5) is 28.1. The molecule has 1 N–H and O–H groups in total. The lowest BCUT2D eigenvalue weighted by molar-refractivity contribution is -0.147. The van der Waals surface area contributed by atoms with Crippen LogP contribution in [-0.2, 0) is 20.7 Å². The smallest absolute Gasteiger partial charge is 0.306 e. The van der Waals surface area contributed by atoms with E-state index in [1.165, 1.54) is 0 Å². The van der Waals surface area contributed by atoms with Crippen molar-refractivity contribution in [3.8, 4) is 0 Å². The number of carbonyl (C=O) groups is 2. The van der Waals surface area contributed by atoms with Gasteiger partial charge in [-0.05, 0) is 71.8 Å². The normalized spacial score (nSPS) is 10.7. The molecule has 0 fully saturated rings. The number of hydrogen-bond acceptors (Lipinski definition) is 5. The Morgan fingerprint density at radius 2 is 1.88 bits per heavy atom. The number of rotatable bonds is 7. The fraction of sp³-hybridized carbons (Fsp3) is 0.211. The van der Waals surface area contributed by atoms with Gasteiger partial charge in [0.1, 0.15) is 0 Å². The molecule has 0 aliphatic heterocycles. The van der Waals surface area contributed by atoms with Gasteiger partial charge in [0.05, 0.1) is 15.2 Å². The molecule has 1 amide bonds. The number of aromatic nitrogens is 1. The van der Waals surface area contributed by atoms with Crippen LogP contribution >= 0.6 is 33.9 Å². The van der Waals surface area contributed by atoms with E-state index in [-0.39, 0.29) is 24.9 Å². The van der Waals surface area contributed by atoms with Crippen molar-refractivity contribution >= 4 is 61.7 Å². The molecule has 0 atom stereocenters. The van der Waals surface area contributed by atoms with Gasteiger partial charge in [-0.2, -0.15) is 0 Å². The first-order valence-electron chi connectivity index (χ1n) is 8.15. The zero-order chi connectivity index (χ0) is 18.4. The molecule has 0 saturated carbocycles. The molecule has 0 bridgehead atoms. The standard InChI is InChI=1S/C19H17IN2O3S/c20-13-8-10-14(11-9-13)21-17(23)12-25-19(24)7-3-6-18-22-15-4-1-2-5-16(15)26-18/h1-2,4-5,8-11H,3,6-7,12H2,(H,21,23). The van der Waals surface area contributed by atoms with Crippen LogP contribution in [0.5, 0.6) is 0 Å². The highest BCUT2D eigenvalue weighted by atomic mass is 127. The van der Waals surface area contributed by atoms with Gasteiger partial charge in [0.2, 0.25) is 0 Å². The number of nitrogens with zero attached hydrogens (tertiary/aromatic N) is 1. The number of nitrogens with one attached hydrogen (secondary N) is 1. The van der Waals surface area contributed by atoms with Crippen molar-refractivity contribution in [3.05, 3.63) is 57.1 Å². The molecule has 1 aromatic heterocycles. The Labute approximate surface area is 168 Å². The number of para-hydroxylation sites is 1. The Bertz CT molecular complexity index is 876. The van der Waals surface area contributed by atoms with Crippen LogP contribution in [0.15, 0.2) is 48.5 Å². The average Bonchev–Trinajstić information content (AvgIpc) is 3.05. The van der Waals surface area contributed by atoms with Crippen LogP contribution in [0.2, 0.25) is 0 Å².